The molecule has 7 heteroatoms. The van der Waals surface area contributed by atoms with Crippen LogP contribution in [0.2, 0.25) is 0 Å². The van der Waals surface area contributed by atoms with Crippen molar-refractivity contribution in [3.05, 3.63) is 24.0 Å². The molecule has 20 heavy (non-hydrogen) atoms. The Morgan fingerprint density at radius 1 is 1.45 bits per heavy atom. The summed E-state index contributed by atoms with van der Waals surface area (Å²) in [5, 5.41) is 3.07. The van der Waals surface area contributed by atoms with Crippen LogP contribution in [0.25, 0.3) is 0 Å². The first-order valence-corrected chi connectivity index (χ1v) is 8.33. The molecule has 1 saturated heterocycles. The Morgan fingerprint density at radius 2 is 2.25 bits per heavy atom. The maximum absolute atomic E-state index is 12.6. The summed E-state index contributed by atoms with van der Waals surface area (Å²) in [5.41, 5.74) is 1.41. The molecule has 6 nitrogen and oxygen atoms in total. The van der Waals surface area contributed by atoms with Crippen molar-refractivity contribution in [2.75, 3.05) is 24.9 Å². The van der Waals surface area contributed by atoms with E-state index in [1.54, 1.807) is 22.8 Å². The Balaban J connectivity index is 2.18. The van der Waals surface area contributed by atoms with Crippen LogP contribution in [0.1, 0.15) is 24.8 Å². The Morgan fingerprint density at radius 3 is 2.95 bits per heavy atom. The summed E-state index contributed by atoms with van der Waals surface area (Å²) in [5.74, 6) is 0. The summed E-state index contributed by atoms with van der Waals surface area (Å²) >= 11 is 0. The van der Waals surface area contributed by atoms with Crippen LogP contribution in [-0.2, 0) is 10.2 Å². The number of nitrogens with zero attached hydrogens (tertiary/aromatic N) is 2. The minimum Gasteiger partial charge on any atom is -0.318 e. The third-order valence-electron chi connectivity index (χ3n) is 3.58. The Kier molecular flexibility index (Phi) is 4.95. The number of hydrogen-bond acceptors (Lipinski definition) is 4. The van der Waals surface area contributed by atoms with Gasteiger partial charge in [0.05, 0.1) is 5.69 Å². The van der Waals surface area contributed by atoms with E-state index in [2.05, 4.69) is 15.0 Å². The number of aromatic nitrogens is 1. The van der Waals surface area contributed by atoms with E-state index >= 15 is 0 Å². The molecule has 1 atom stereocenters. The summed E-state index contributed by atoms with van der Waals surface area (Å²) in [6.07, 6.45) is 6.13. The third kappa shape index (κ3) is 3.47. The van der Waals surface area contributed by atoms with Gasteiger partial charge in [-0.3, -0.25) is 9.71 Å². The zero-order chi connectivity index (χ0) is 14.6. The molecule has 112 valence electrons. The summed E-state index contributed by atoms with van der Waals surface area (Å²) in [6, 6.07) is 1.71. The van der Waals surface area contributed by atoms with Crippen LogP contribution in [-0.4, -0.2) is 43.9 Å². The van der Waals surface area contributed by atoms with E-state index in [1.807, 2.05) is 14.0 Å². The van der Waals surface area contributed by atoms with Gasteiger partial charge in [-0.25, -0.2) is 0 Å². The van der Waals surface area contributed by atoms with Crippen LogP contribution in [0.5, 0.6) is 0 Å². The normalized spacial score (nSPS) is 20.8. The summed E-state index contributed by atoms with van der Waals surface area (Å²) < 4.78 is 29.4. The molecule has 2 rings (SSSR count). The summed E-state index contributed by atoms with van der Waals surface area (Å²) in [6.45, 7) is 3.09. The molecule has 1 aliphatic rings. The molecule has 0 aromatic carbocycles. The molecule has 0 saturated carbocycles. The predicted molar refractivity (Wildman–Crippen MR) is 79.8 cm³/mol. The largest absolute Gasteiger partial charge is 0.318 e. The van der Waals surface area contributed by atoms with Crippen molar-refractivity contribution in [3.8, 4) is 0 Å². The first-order valence-electron chi connectivity index (χ1n) is 6.89. The lowest BCUT2D eigenvalue weighted by molar-refractivity contribution is 0.250. The molecule has 1 aromatic rings. The third-order valence-corrected chi connectivity index (χ3v) is 5.16. The molecule has 0 bridgehead atoms. The quantitative estimate of drug-likeness (QED) is 0.854. The Hall–Kier alpha value is -1.18. The second-order valence-electron chi connectivity index (χ2n) is 5.12. The van der Waals surface area contributed by atoms with Gasteiger partial charge in [-0.1, -0.05) is 6.42 Å². The van der Waals surface area contributed by atoms with Gasteiger partial charge in [0.25, 0.3) is 0 Å². The molecule has 1 fully saturated rings. The average Bonchev–Trinajstić information content (AvgIpc) is 2.42. The molecular formula is C13H22N4O2S. The lowest BCUT2D eigenvalue weighted by Crippen LogP contribution is -2.50. The van der Waals surface area contributed by atoms with E-state index in [0.717, 1.165) is 24.8 Å². The SMILES string of the molecule is CNCC1CCCCN1S(=O)(=O)Nc1ccncc1C. The molecule has 1 aliphatic heterocycles. The fraction of sp³-hybridized carbons (Fsp3) is 0.615. The zero-order valence-corrected chi connectivity index (χ0v) is 12.8. The highest BCUT2D eigenvalue weighted by Gasteiger charge is 2.31. The van der Waals surface area contributed by atoms with Gasteiger partial charge in [0.15, 0.2) is 0 Å². The Bertz CT molecular complexity index is 545. The first-order chi connectivity index (χ1) is 9.54. The summed E-state index contributed by atoms with van der Waals surface area (Å²) in [4.78, 5) is 3.97. The van der Waals surface area contributed by atoms with Crippen LogP contribution in [0.4, 0.5) is 5.69 Å². The van der Waals surface area contributed by atoms with Crippen LogP contribution >= 0.6 is 0 Å². The number of pyridine rings is 1. The second kappa shape index (κ2) is 6.51. The highest BCUT2D eigenvalue weighted by Crippen LogP contribution is 2.22. The van der Waals surface area contributed by atoms with E-state index in [-0.39, 0.29) is 6.04 Å². The molecule has 0 spiro atoms. The molecule has 1 unspecified atom stereocenters. The van der Waals surface area contributed by atoms with Crippen molar-refractivity contribution in [2.24, 2.45) is 0 Å². The topological polar surface area (TPSA) is 74.3 Å². The number of anilines is 1. The van der Waals surface area contributed by atoms with Crippen LogP contribution in [0.3, 0.4) is 0 Å². The number of likely N-dealkylation sites (N-methyl/N-ethyl adjacent to an activating group) is 1. The maximum Gasteiger partial charge on any atom is 0.301 e. The molecule has 1 aromatic heterocycles. The fourth-order valence-electron chi connectivity index (χ4n) is 2.52. The molecule has 0 radical (unpaired) electrons. The minimum atomic E-state index is -3.51. The highest BCUT2D eigenvalue weighted by molar-refractivity contribution is 7.90. The number of piperidine rings is 1. The van der Waals surface area contributed by atoms with Crippen LogP contribution in [0, 0.1) is 6.92 Å². The minimum absolute atomic E-state index is 0.0217. The maximum atomic E-state index is 12.6. The van der Waals surface area contributed by atoms with Gasteiger partial charge < -0.3 is 5.32 Å². The Labute approximate surface area is 120 Å². The van der Waals surface area contributed by atoms with Gasteiger partial charge in [0.2, 0.25) is 0 Å². The van der Waals surface area contributed by atoms with Gasteiger partial charge in [-0.15, -0.1) is 0 Å². The van der Waals surface area contributed by atoms with E-state index < -0.39 is 10.2 Å². The second-order valence-corrected chi connectivity index (χ2v) is 6.74. The fourth-order valence-corrected chi connectivity index (χ4v) is 4.08. The van der Waals surface area contributed by atoms with E-state index in [1.165, 1.54) is 0 Å². The molecule has 2 N–H and O–H groups in total. The zero-order valence-electron chi connectivity index (χ0n) is 12.0. The van der Waals surface area contributed by atoms with E-state index in [4.69, 9.17) is 0 Å². The number of hydrogen-bond donors (Lipinski definition) is 2. The number of nitrogens with one attached hydrogen (secondary N) is 2. The van der Waals surface area contributed by atoms with Gasteiger partial charge in [-0.05, 0) is 38.4 Å². The highest BCUT2D eigenvalue weighted by atomic mass is 32.2. The number of rotatable bonds is 5. The molecular weight excluding hydrogens is 276 g/mol. The average molecular weight is 298 g/mol. The van der Waals surface area contributed by atoms with Gasteiger partial charge in [0, 0.05) is 31.5 Å². The lowest BCUT2D eigenvalue weighted by atomic mass is 10.1. The van der Waals surface area contributed by atoms with Gasteiger partial charge in [0.1, 0.15) is 0 Å². The van der Waals surface area contributed by atoms with Gasteiger partial charge in [-0.2, -0.15) is 12.7 Å². The van der Waals surface area contributed by atoms with E-state index in [0.29, 0.717) is 18.8 Å². The van der Waals surface area contributed by atoms with E-state index in [9.17, 15) is 8.42 Å². The van der Waals surface area contributed by atoms with Crippen LogP contribution < -0.4 is 10.0 Å². The van der Waals surface area contributed by atoms with Crippen molar-refractivity contribution in [1.82, 2.24) is 14.6 Å². The number of aryl methyl sites for hydroxylation is 1. The standard InChI is InChI=1S/C13H22N4O2S/c1-11-9-15-7-6-13(11)16-20(18,19)17-8-4-3-5-12(17)10-14-2/h6-7,9,12,14H,3-5,8,10H2,1-2H3,(H,15,16). The summed E-state index contributed by atoms with van der Waals surface area (Å²) in [7, 11) is -1.67. The first kappa shape index (κ1) is 15.2. The predicted octanol–water partition coefficient (Wildman–Crippen LogP) is 1.12. The van der Waals surface area contributed by atoms with Crippen molar-refractivity contribution in [2.45, 2.75) is 32.2 Å². The van der Waals surface area contributed by atoms with Crippen LogP contribution in [0.15, 0.2) is 18.5 Å². The monoisotopic (exact) mass is 298 g/mol. The van der Waals surface area contributed by atoms with Crippen molar-refractivity contribution >= 4 is 15.9 Å². The van der Waals surface area contributed by atoms with Gasteiger partial charge >= 0.3 is 10.2 Å². The van der Waals surface area contributed by atoms with Crippen molar-refractivity contribution in [1.29, 1.82) is 0 Å². The molecule has 2 heterocycles. The molecule has 0 aliphatic carbocycles. The smallest absolute Gasteiger partial charge is 0.301 e. The molecule has 0 amide bonds. The van der Waals surface area contributed by atoms with Crippen molar-refractivity contribution < 1.29 is 8.42 Å². The lowest BCUT2D eigenvalue weighted by Gasteiger charge is -2.34. The van der Waals surface area contributed by atoms with Crippen molar-refractivity contribution in [3.63, 3.8) is 0 Å².